The van der Waals surface area contributed by atoms with Crippen LogP contribution in [0, 0.1) is 0 Å². The number of aryl methyl sites for hydroxylation is 1. The van der Waals surface area contributed by atoms with Crippen molar-refractivity contribution >= 4 is 0 Å². The molecule has 0 spiro atoms. The molecule has 0 radical (unpaired) electrons. The van der Waals surface area contributed by atoms with Gasteiger partial charge in [-0.1, -0.05) is 18.2 Å². The van der Waals surface area contributed by atoms with Crippen molar-refractivity contribution in [1.29, 1.82) is 0 Å². The summed E-state index contributed by atoms with van der Waals surface area (Å²) in [6.07, 6.45) is 1.32. The van der Waals surface area contributed by atoms with Crippen LogP contribution in [-0.2, 0) is 6.42 Å². The number of hydrogen-bond acceptors (Lipinski definition) is 1. The Kier molecular flexibility index (Phi) is 3.58. The third kappa shape index (κ3) is 2.22. The summed E-state index contributed by atoms with van der Waals surface area (Å²) in [6.45, 7) is -0.266. The largest absolute Gasteiger partial charge is 0.496 e. The zero-order valence-corrected chi connectivity index (χ0v) is 7.22. The second-order valence-corrected chi connectivity index (χ2v) is 2.60. The van der Waals surface area contributed by atoms with E-state index >= 15 is 0 Å². The van der Waals surface area contributed by atoms with E-state index in [1.807, 2.05) is 24.3 Å². The fourth-order valence-corrected chi connectivity index (χ4v) is 1.17. The third-order valence-corrected chi connectivity index (χ3v) is 1.77. The SMILES string of the molecule is COc1ccccc1CCCF. The van der Waals surface area contributed by atoms with Gasteiger partial charge < -0.3 is 4.74 Å². The Morgan fingerprint density at radius 1 is 1.33 bits per heavy atom. The standard InChI is InChI=1S/C10H13FO/c1-12-10-7-3-2-5-9(10)6-4-8-11/h2-3,5,7H,4,6,8H2,1H3. The Bertz CT molecular complexity index is 235. The minimum Gasteiger partial charge on any atom is -0.496 e. The van der Waals surface area contributed by atoms with Gasteiger partial charge in [-0.25, -0.2) is 0 Å². The van der Waals surface area contributed by atoms with Gasteiger partial charge in [-0.3, -0.25) is 4.39 Å². The molecule has 1 nitrogen and oxygen atoms in total. The van der Waals surface area contributed by atoms with E-state index < -0.39 is 0 Å². The summed E-state index contributed by atoms with van der Waals surface area (Å²) in [5.74, 6) is 0.853. The zero-order chi connectivity index (χ0) is 8.81. The monoisotopic (exact) mass is 168 g/mol. The predicted octanol–water partition coefficient (Wildman–Crippen LogP) is 2.60. The average Bonchev–Trinajstić information content (AvgIpc) is 2.15. The van der Waals surface area contributed by atoms with Crippen LogP contribution >= 0.6 is 0 Å². The normalized spacial score (nSPS) is 9.83. The van der Waals surface area contributed by atoms with Crippen LogP contribution in [0.5, 0.6) is 5.75 Å². The lowest BCUT2D eigenvalue weighted by Gasteiger charge is -2.05. The molecule has 0 amide bonds. The molecule has 0 atom stereocenters. The Balaban J connectivity index is 2.68. The molecule has 0 aliphatic carbocycles. The maximum Gasteiger partial charge on any atom is 0.122 e. The van der Waals surface area contributed by atoms with Gasteiger partial charge >= 0.3 is 0 Å². The lowest BCUT2D eigenvalue weighted by Crippen LogP contribution is -1.92. The van der Waals surface area contributed by atoms with Crippen molar-refractivity contribution in [3.05, 3.63) is 29.8 Å². The van der Waals surface area contributed by atoms with Gasteiger partial charge in [-0.05, 0) is 24.5 Å². The molecule has 1 rings (SSSR count). The molecule has 1 aromatic rings. The number of alkyl halides is 1. The molecule has 0 unspecified atom stereocenters. The molecule has 2 heteroatoms. The molecule has 0 aliphatic heterocycles. The minimum atomic E-state index is -0.266. The minimum absolute atomic E-state index is 0.266. The molecule has 0 heterocycles. The molecule has 0 bridgehead atoms. The van der Waals surface area contributed by atoms with E-state index in [0.717, 1.165) is 17.7 Å². The Morgan fingerprint density at radius 2 is 2.08 bits per heavy atom. The summed E-state index contributed by atoms with van der Waals surface area (Å²) >= 11 is 0. The van der Waals surface area contributed by atoms with Crippen molar-refractivity contribution < 1.29 is 9.13 Å². The van der Waals surface area contributed by atoms with Crippen molar-refractivity contribution in [3.63, 3.8) is 0 Å². The lowest BCUT2D eigenvalue weighted by atomic mass is 10.1. The summed E-state index contributed by atoms with van der Waals surface area (Å²) in [6, 6.07) is 7.72. The van der Waals surface area contributed by atoms with Crippen molar-refractivity contribution in [1.82, 2.24) is 0 Å². The average molecular weight is 168 g/mol. The van der Waals surface area contributed by atoms with Crippen molar-refractivity contribution in [2.24, 2.45) is 0 Å². The first-order chi connectivity index (χ1) is 5.88. The first kappa shape index (κ1) is 9.04. The number of rotatable bonds is 4. The van der Waals surface area contributed by atoms with Crippen molar-refractivity contribution in [2.45, 2.75) is 12.8 Å². The molecule has 66 valence electrons. The van der Waals surface area contributed by atoms with Crippen LogP contribution in [-0.4, -0.2) is 13.8 Å². The number of methoxy groups -OCH3 is 1. The second-order valence-electron chi connectivity index (χ2n) is 2.60. The van der Waals surface area contributed by atoms with Gasteiger partial charge in [0.1, 0.15) is 5.75 Å². The van der Waals surface area contributed by atoms with E-state index in [-0.39, 0.29) is 6.67 Å². The quantitative estimate of drug-likeness (QED) is 0.671. The molecular weight excluding hydrogens is 155 g/mol. The Morgan fingerprint density at radius 3 is 2.75 bits per heavy atom. The van der Waals surface area contributed by atoms with Gasteiger partial charge in [-0.2, -0.15) is 0 Å². The summed E-state index contributed by atoms with van der Waals surface area (Å²) in [7, 11) is 1.63. The van der Waals surface area contributed by atoms with Gasteiger partial charge in [0.15, 0.2) is 0 Å². The van der Waals surface area contributed by atoms with E-state index in [4.69, 9.17) is 4.74 Å². The van der Waals surface area contributed by atoms with E-state index in [9.17, 15) is 4.39 Å². The highest BCUT2D eigenvalue weighted by molar-refractivity contribution is 5.33. The molecular formula is C10H13FO. The highest BCUT2D eigenvalue weighted by atomic mass is 19.1. The summed E-state index contributed by atoms with van der Waals surface area (Å²) in [5.41, 5.74) is 1.08. The number of halogens is 1. The molecule has 12 heavy (non-hydrogen) atoms. The highest BCUT2D eigenvalue weighted by Crippen LogP contribution is 2.18. The lowest BCUT2D eigenvalue weighted by molar-refractivity contribution is 0.406. The van der Waals surface area contributed by atoms with Gasteiger partial charge in [-0.15, -0.1) is 0 Å². The van der Waals surface area contributed by atoms with E-state index in [0.29, 0.717) is 6.42 Å². The van der Waals surface area contributed by atoms with Crippen molar-refractivity contribution in [2.75, 3.05) is 13.8 Å². The number of para-hydroxylation sites is 1. The van der Waals surface area contributed by atoms with E-state index in [1.54, 1.807) is 7.11 Å². The van der Waals surface area contributed by atoms with Crippen LogP contribution in [0.25, 0.3) is 0 Å². The summed E-state index contributed by atoms with van der Waals surface area (Å²) in [5, 5.41) is 0. The van der Waals surface area contributed by atoms with Gasteiger partial charge in [0.2, 0.25) is 0 Å². The maximum absolute atomic E-state index is 11.9. The van der Waals surface area contributed by atoms with Gasteiger partial charge in [0.25, 0.3) is 0 Å². The first-order valence-electron chi connectivity index (χ1n) is 4.06. The molecule has 0 saturated carbocycles. The van der Waals surface area contributed by atoms with Crippen LogP contribution in [0.1, 0.15) is 12.0 Å². The second kappa shape index (κ2) is 4.75. The van der Waals surface area contributed by atoms with Crippen LogP contribution in [0.2, 0.25) is 0 Å². The molecule has 0 N–H and O–H groups in total. The fourth-order valence-electron chi connectivity index (χ4n) is 1.17. The number of hydrogen-bond donors (Lipinski definition) is 0. The summed E-state index contributed by atoms with van der Waals surface area (Å²) < 4.78 is 17.0. The zero-order valence-electron chi connectivity index (χ0n) is 7.22. The van der Waals surface area contributed by atoms with Crippen LogP contribution in [0.15, 0.2) is 24.3 Å². The Hall–Kier alpha value is -1.05. The fraction of sp³-hybridized carbons (Fsp3) is 0.400. The van der Waals surface area contributed by atoms with Crippen molar-refractivity contribution in [3.8, 4) is 5.75 Å². The molecule has 1 aromatic carbocycles. The van der Waals surface area contributed by atoms with Gasteiger partial charge in [0.05, 0.1) is 13.8 Å². The number of benzene rings is 1. The topological polar surface area (TPSA) is 9.23 Å². The predicted molar refractivity (Wildman–Crippen MR) is 47.3 cm³/mol. The van der Waals surface area contributed by atoms with Crippen LogP contribution < -0.4 is 4.74 Å². The van der Waals surface area contributed by atoms with Crippen LogP contribution in [0.4, 0.5) is 4.39 Å². The molecule has 0 fully saturated rings. The first-order valence-corrected chi connectivity index (χ1v) is 4.06. The highest BCUT2D eigenvalue weighted by Gasteiger charge is 1.99. The van der Waals surface area contributed by atoms with Crippen LogP contribution in [0.3, 0.4) is 0 Å². The Labute approximate surface area is 72.2 Å². The van der Waals surface area contributed by atoms with E-state index in [2.05, 4.69) is 0 Å². The molecule has 0 saturated heterocycles. The smallest absolute Gasteiger partial charge is 0.122 e. The third-order valence-electron chi connectivity index (χ3n) is 1.77. The number of ether oxygens (including phenoxy) is 1. The molecule has 0 aliphatic rings. The van der Waals surface area contributed by atoms with Gasteiger partial charge in [0, 0.05) is 0 Å². The molecule has 0 aromatic heterocycles. The van der Waals surface area contributed by atoms with E-state index in [1.165, 1.54) is 0 Å². The summed E-state index contributed by atoms with van der Waals surface area (Å²) in [4.78, 5) is 0. The maximum atomic E-state index is 11.9.